The van der Waals surface area contributed by atoms with E-state index in [1.165, 1.54) is 29.3 Å². The van der Waals surface area contributed by atoms with Crippen LogP contribution in [0.25, 0.3) is 0 Å². The average Bonchev–Trinajstić information content (AvgIpc) is 2.63. The Balaban J connectivity index is 1.63. The lowest BCUT2D eigenvalue weighted by molar-refractivity contribution is -0.138. The highest BCUT2D eigenvalue weighted by Crippen LogP contribution is 2.32. The smallest absolute Gasteiger partial charge is 0.417 e. The molecule has 1 aromatic carbocycles. The fraction of sp³-hybridized carbons (Fsp3) is 0.333. The second kappa shape index (κ2) is 7.53. The van der Waals surface area contributed by atoms with Crippen LogP contribution in [0.1, 0.15) is 28.8 Å². The molecule has 0 atom stereocenters. The van der Waals surface area contributed by atoms with Gasteiger partial charge in [0.15, 0.2) is 0 Å². The summed E-state index contributed by atoms with van der Waals surface area (Å²) in [6.45, 7) is 0.645. The second-order valence-corrected chi connectivity index (χ2v) is 6.40. The van der Waals surface area contributed by atoms with E-state index in [1.54, 1.807) is 12.1 Å². The Hall–Kier alpha value is -2.28. The molecule has 0 saturated carbocycles. The number of aromatic nitrogens is 1. The summed E-state index contributed by atoms with van der Waals surface area (Å²) in [6, 6.07) is 8.17. The van der Waals surface area contributed by atoms with Crippen LogP contribution >= 0.6 is 11.6 Å². The summed E-state index contributed by atoms with van der Waals surface area (Å²) in [6.07, 6.45) is -2.20. The number of hydrogen-bond donors (Lipinski definition) is 0. The lowest BCUT2D eigenvalue weighted by Crippen LogP contribution is -2.42. The van der Waals surface area contributed by atoms with Crippen molar-refractivity contribution in [1.29, 1.82) is 0 Å². The number of nitrogens with zero attached hydrogens (tertiary/aromatic N) is 2. The van der Waals surface area contributed by atoms with Crippen molar-refractivity contribution >= 4 is 17.5 Å². The van der Waals surface area contributed by atoms with Gasteiger partial charge in [0.25, 0.3) is 5.91 Å². The first-order valence-corrected chi connectivity index (χ1v) is 8.46. The van der Waals surface area contributed by atoms with Crippen LogP contribution in [0, 0.1) is 0 Å². The molecule has 8 heteroatoms. The molecule has 1 aliphatic rings. The number of carbonyl (C=O) groups excluding carboxylic acids is 1. The predicted molar refractivity (Wildman–Crippen MR) is 90.2 cm³/mol. The molecule has 1 aliphatic heterocycles. The molecule has 26 heavy (non-hydrogen) atoms. The molecule has 2 aromatic rings. The number of halogens is 4. The second-order valence-electron chi connectivity index (χ2n) is 5.97. The normalized spacial score (nSPS) is 15.8. The first-order valence-electron chi connectivity index (χ1n) is 8.08. The minimum atomic E-state index is -4.56. The third-order valence-corrected chi connectivity index (χ3v) is 4.40. The van der Waals surface area contributed by atoms with Gasteiger partial charge in [-0.3, -0.25) is 4.79 Å². The van der Waals surface area contributed by atoms with Gasteiger partial charge in [-0.2, -0.15) is 13.2 Å². The first-order chi connectivity index (χ1) is 12.3. The molecule has 0 spiro atoms. The molecule has 1 saturated heterocycles. The first kappa shape index (κ1) is 18.5. The molecule has 0 N–H and O–H groups in total. The zero-order valence-electron chi connectivity index (χ0n) is 13.7. The van der Waals surface area contributed by atoms with E-state index in [-0.39, 0.29) is 11.7 Å². The summed E-state index contributed by atoms with van der Waals surface area (Å²) in [7, 11) is 0. The van der Waals surface area contributed by atoms with E-state index < -0.39 is 17.6 Å². The van der Waals surface area contributed by atoms with Gasteiger partial charge in [-0.15, -0.1) is 0 Å². The Morgan fingerprint density at radius 3 is 2.46 bits per heavy atom. The number of hydrogen-bond acceptors (Lipinski definition) is 3. The molecule has 0 radical (unpaired) electrons. The third-order valence-electron chi connectivity index (χ3n) is 4.18. The van der Waals surface area contributed by atoms with Crippen LogP contribution in [0.4, 0.5) is 13.2 Å². The lowest BCUT2D eigenvalue weighted by atomic mass is 10.0. The van der Waals surface area contributed by atoms with Crippen LogP contribution in [-0.2, 0) is 6.18 Å². The maximum atomic E-state index is 13.1. The number of ether oxygens (including phenoxy) is 1. The van der Waals surface area contributed by atoms with E-state index in [0.29, 0.717) is 36.8 Å². The summed E-state index contributed by atoms with van der Waals surface area (Å²) >= 11 is 5.77. The van der Waals surface area contributed by atoms with Crippen molar-refractivity contribution in [3.63, 3.8) is 0 Å². The van der Waals surface area contributed by atoms with Crippen LogP contribution < -0.4 is 4.74 Å². The average molecular weight is 385 g/mol. The number of pyridine rings is 1. The fourth-order valence-electron chi connectivity index (χ4n) is 2.87. The monoisotopic (exact) mass is 384 g/mol. The van der Waals surface area contributed by atoms with E-state index in [1.807, 2.05) is 0 Å². The van der Waals surface area contributed by atoms with Gasteiger partial charge < -0.3 is 9.64 Å². The summed E-state index contributed by atoms with van der Waals surface area (Å²) in [5.41, 5.74) is -1.23. The number of carbonyl (C=O) groups is 1. The summed E-state index contributed by atoms with van der Waals surface area (Å²) in [5.74, 6) is -0.178. The molecule has 4 nitrogen and oxygen atoms in total. The Kier molecular flexibility index (Phi) is 5.36. The van der Waals surface area contributed by atoms with Crippen molar-refractivity contribution in [2.75, 3.05) is 13.1 Å². The zero-order chi connectivity index (χ0) is 18.7. The molecule has 3 rings (SSSR count). The van der Waals surface area contributed by atoms with E-state index in [9.17, 15) is 18.0 Å². The van der Waals surface area contributed by atoms with Gasteiger partial charge in [0, 0.05) is 38.2 Å². The van der Waals surface area contributed by atoms with Crippen molar-refractivity contribution < 1.29 is 22.7 Å². The van der Waals surface area contributed by atoms with Crippen LogP contribution in [0.15, 0.2) is 42.6 Å². The largest absolute Gasteiger partial charge is 0.474 e. The van der Waals surface area contributed by atoms with Gasteiger partial charge in [0.05, 0.1) is 16.1 Å². The molecular weight excluding hydrogens is 369 g/mol. The number of alkyl halides is 3. The molecule has 1 aromatic heterocycles. The van der Waals surface area contributed by atoms with E-state index >= 15 is 0 Å². The molecular formula is C18H16ClF3N2O2. The number of rotatable bonds is 3. The SMILES string of the molecule is O=C(c1ccccc1C(F)(F)F)N1CCC(Oc2ccc(Cl)cn2)CC1. The quantitative estimate of drug-likeness (QED) is 0.785. The summed E-state index contributed by atoms with van der Waals surface area (Å²) in [5, 5.41) is 0.501. The number of benzene rings is 1. The van der Waals surface area contributed by atoms with Crippen LogP contribution in [-0.4, -0.2) is 35.0 Å². The number of likely N-dealkylation sites (tertiary alicyclic amines) is 1. The number of piperidine rings is 1. The molecule has 138 valence electrons. The summed E-state index contributed by atoms with van der Waals surface area (Å²) < 4.78 is 45.0. The van der Waals surface area contributed by atoms with Crippen LogP contribution in [0.2, 0.25) is 5.02 Å². The highest BCUT2D eigenvalue weighted by molar-refractivity contribution is 6.30. The van der Waals surface area contributed by atoms with Crippen molar-refractivity contribution in [3.8, 4) is 5.88 Å². The highest BCUT2D eigenvalue weighted by atomic mass is 35.5. The molecule has 1 amide bonds. The third kappa shape index (κ3) is 4.27. The molecule has 2 heterocycles. The van der Waals surface area contributed by atoms with Gasteiger partial charge in [0.1, 0.15) is 6.10 Å². The van der Waals surface area contributed by atoms with Crippen LogP contribution in [0.3, 0.4) is 0 Å². The Morgan fingerprint density at radius 1 is 1.15 bits per heavy atom. The highest BCUT2D eigenvalue weighted by Gasteiger charge is 2.36. The van der Waals surface area contributed by atoms with Gasteiger partial charge in [-0.1, -0.05) is 23.7 Å². The maximum Gasteiger partial charge on any atom is 0.417 e. The van der Waals surface area contributed by atoms with E-state index in [2.05, 4.69) is 4.98 Å². The van der Waals surface area contributed by atoms with E-state index in [0.717, 1.165) is 6.07 Å². The standard InChI is InChI=1S/C18H16ClF3N2O2/c19-12-5-6-16(23-11-12)26-13-7-9-24(10-8-13)17(25)14-3-1-2-4-15(14)18(20,21)22/h1-6,11,13H,7-10H2. The predicted octanol–water partition coefficient (Wildman–Crippen LogP) is 4.44. The molecule has 0 unspecified atom stereocenters. The van der Waals surface area contributed by atoms with Crippen molar-refractivity contribution in [1.82, 2.24) is 9.88 Å². The lowest BCUT2D eigenvalue weighted by Gasteiger charge is -2.32. The fourth-order valence-corrected chi connectivity index (χ4v) is 2.98. The minimum Gasteiger partial charge on any atom is -0.474 e. The van der Waals surface area contributed by atoms with Crippen molar-refractivity contribution in [3.05, 3.63) is 58.7 Å². The Bertz CT molecular complexity index is 773. The molecule has 1 fully saturated rings. The zero-order valence-corrected chi connectivity index (χ0v) is 14.4. The van der Waals surface area contributed by atoms with Gasteiger partial charge >= 0.3 is 6.18 Å². The Labute approximate surface area is 153 Å². The van der Waals surface area contributed by atoms with Gasteiger partial charge in [-0.25, -0.2) is 4.98 Å². The van der Waals surface area contributed by atoms with Gasteiger partial charge in [-0.05, 0) is 18.2 Å². The molecule has 0 bridgehead atoms. The van der Waals surface area contributed by atoms with Crippen LogP contribution in [0.5, 0.6) is 5.88 Å². The van der Waals surface area contributed by atoms with Crippen molar-refractivity contribution in [2.24, 2.45) is 0 Å². The number of amides is 1. The maximum absolute atomic E-state index is 13.1. The van der Waals surface area contributed by atoms with E-state index in [4.69, 9.17) is 16.3 Å². The van der Waals surface area contributed by atoms with Gasteiger partial charge in [0.2, 0.25) is 5.88 Å². The van der Waals surface area contributed by atoms with Crippen molar-refractivity contribution in [2.45, 2.75) is 25.1 Å². The minimum absolute atomic E-state index is 0.148. The Morgan fingerprint density at radius 2 is 1.85 bits per heavy atom. The topological polar surface area (TPSA) is 42.4 Å². The summed E-state index contributed by atoms with van der Waals surface area (Å²) in [4.78, 5) is 18.0. The molecule has 0 aliphatic carbocycles.